The van der Waals surface area contributed by atoms with E-state index in [4.69, 9.17) is 13.3 Å². The Hall–Kier alpha value is 0.231. The van der Waals surface area contributed by atoms with Gasteiger partial charge in [-0.3, -0.25) is 0 Å². The Morgan fingerprint density at radius 2 is 1.33 bits per heavy atom. The van der Waals surface area contributed by atoms with E-state index >= 15 is 0 Å². The Labute approximate surface area is 81.3 Å². The molecule has 0 saturated heterocycles. The lowest BCUT2D eigenvalue weighted by Crippen LogP contribution is -2.40. The molecule has 0 aromatic heterocycles. The maximum atomic E-state index is 4.96. The van der Waals surface area contributed by atoms with Gasteiger partial charge < -0.3 is 17.4 Å². The number of hydrogen-bond donors (Lipinski definition) is 0. The van der Waals surface area contributed by atoms with Gasteiger partial charge in [-0.15, -0.1) is 0 Å². The van der Waals surface area contributed by atoms with Gasteiger partial charge >= 0.3 is 8.80 Å². The summed E-state index contributed by atoms with van der Waals surface area (Å²) in [7, 11) is 4.06. The third-order valence-electron chi connectivity index (χ3n) is 1.10. The second-order valence-electron chi connectivity index (χ2n) is 1.83. The second kappa shape index (κ2) is 9.32. The van der Waals surface area contributed by atoms with Crippen molar-refractivity contribution in [3.63, 3.8) is 0 Å². The first kappa shape index (κ1) is 14.7. The van der Waals surface area contributed by atoms with Crippen LogP contribution in [0.2, 0.25) is 0 Å². The van der Waals surface area contributed by atoms with E-state index in [0.717, 1.165) is 21.0 Å². The first-order chi connectivity index (χ1) is 5.66. The van der Waals surface area contributed by atoms with Crippen LogP contribution in [0.15, 0.2) is 12.3 Å². The Kier molecular flexibility index (Phi) is 11.4. The van der Waals surface area contributed by atoms with Crippen LogP contribution in [-0.2, 0) is 17.4 Å². The van der Waals surface area contributed by atoms with E-state index in [1.807, 2.05) is 0 Å². The topological polar surface area (TPSA) is 36.9 Å². The van der Waals surface area contributed by atoms with Crippen molar-refractivity contribution in [1.82, 2.24) is 0 Å². The minimum Gasteiger partial charge on any atom is -0.471 e. The fraction of sp³-hybridized carbons (Fsp3) is 0.600. The molecule has 7 heteroatoms. The van der Waals surface area contributed by atoms with Crippen molar-refractivity contribution in [3.8, 4) is 0 Å². The molecule has 0 amide bonds. The van der Waals surface area contributed by atoms with Gasteiger partial charge in [0.1, 0.15) is 21.0 Å². The monoisotopic (exact) mass is 226 g/mol. The Balaban J connectivity index is 0. The molecule has 12 heavy (non-hydrogen) atoms. The minimum atomic E-state index is -2.43. The van der Waals surface area contributed by atoms with Crippen LogP contribution in [0.1, 0.15) is 0 Å². The average molecular weight is 226 g/mol. The van der Waals surface area contributed by atoms with Gasteiger partial charge in [0.2, 0.25) is 0 Å². The molecule has 0 atom stereocenters. The maximum Gasteiger partial charge on any atom is 0.528 e. The van der Waals surface area contributed by atoms with Crippen LogP contribution in [0.25, 0.3) is 0 Å². The molecule has 0 rings (SSSR count). The highest BCUT2D eigenvalue weighted by atomic mass is 28.4. The van der Waals surface area contributed by atoms with E-state index in [1.165, 1.54) is 0 Å². The lowest BCUT2D eigenvalue weighted by molar-refractivity contribution is 0.138. The molecular formula is C5H18O4Si3. The maximum absolute atomic E-state index is 4.96. The summed E-state index contributed by atoms with van der Waals surface area (Å²) in [6.45, 7) is 3.53. The standard InChI is InChI=1S/C5H12O3Si.H6OSi2/c1-5-9(6-2,7-3)8-4;2-1-3/h5H,1H2,2-4H3;2-3H3. The summed E-state index contributed by atoms with van der Waals surface area (Å²) in [5.74, 6) is 0. The van der Waals surface area contributed by atoms with Crippen molar-refractivity contribution < 1.29 is 17.4 Å². The molecule has 0 aliphatic rings. The Morgan fingerprint density at radius 1 is 1.08 bits per heavy atom. The highest BCUT2D eigenvalue weighted by Crippen LogP contribution is 2.04. The summed E-state index contributed by atoms with van der Waals surface area (Å²) in [5.41, 5.74) is 1.58. The summed E-state index contributed by atoms with van der Waals surface area (Å²) < 4.78 is 19.4. The molecule has 0 bridgehead atoms. The van der Waals surface area contributed by atoms with Gasteiger partial charge in [-0.2, -0.15) is 0 Å². The zero-order valence-corrected chi connectivity index (χ0v) is 13.4. The van der Waals surface area contributed by atoms with Crippen LogP contribution in [0.4, 0.5) is 0 Å². The molecular weight excluding hydrogens is 208 g/mol. The summed E-state index contributed by atoms with van der Waals surface area (Å²) in [6, 6.07) is 0. The van der Waals surface area contributed by atoms with Crippen LogP contribution >= 0.6 is 0 Å². The number of rotatable bonds is 4. The molecule has 4 nitrogen and oxygen atoms in total. The molecule has 0 aliphatic carbocycles. The highest BCUT2D eigenvalue weighted by molar-refractivity contribution is 6.66. The predicted octanol–water partition coefficient (Wildman–Crippen LogP) is -1.85. The largest absolute Gasteiger partial charge is 0.528 e. The smallest absolute Gasteiger partial charge is 0.471 e. The zero-order chi connectivity index (χ0) is 10.0. The molecule has 0 N–H and O–H groups in total. The molecule has 0 saturated carbocycles. The summed E-state index contributed by atoms with van der Waals surface area (Å²) >= 11 is 0. The summed E-state index contributed by atoms with van der Waals surface area (Å²) in [4.78, 5) is 0. The summed E-state index contributed by atoms with van der Waals surface area (Å²) in [6.07, 6.45) is 0. The first-order valence-corrected chi connectivity index (χ1v) is 6.79. The van der Waals surface area contributed by atoms with Crippen molar-refractivity contribution in [2.24, 2.45) is 0 Å². The molecule has 0 radical (unpaired) electrons. The number of hydrogen-bond acceptors (Lipinski definition) is 4. The molecule has 0 fully saturated rings. The molecule has 74 valence electrons. The molecule has 0 aromatic carbocycles. The van der Waals surface area contributed by atoms with Gasteiger partial charge in [-0.1, -0.05) is 6.58 Å². The van der Waals surface area contributed by atoms with Crippen molar-refractivity contribution in [2.45, 2.75) is 0 Å². The molecule has 0 aliphatic heterocycles. The van der Waals surface area contributed by atoms with Crippen molar-refractivity contribution in [1.29, 1.82) is 0 Å². The first-order valence-electron chi connectivity index (χ1n) is 3.35. The third-order valence-corrected chi connectivity index (χ3v) is 3.31. The van der Waals surface area contributed by atoms with E-state index in [-0.39, 0.29) is 0 Å². The summed E-state index contributed by atoms with van der Waals surface area (Å²) in [5, 5.41) is 0. The van der Waals surface area contributed by atoms with Crippen LogP contribution in [-0.4, -0.2) is 51.1 Å². The van der Waals surface area contributed by atoms with Gasteiger partial charge in [-0.05, 0) is 5.70 Å². The van der Waals surface area contributed by atoms with Gasteiger partial charge in [-0.25, -0.2) is 0 Å². The molecule has 0 aromatic rings. The lowest BCUT2D eigenvalue weighted by Gasteiger charge is -2.19. The van der Waals surface area contributed by atoms with Gasteiger partial charge in [0.05, 0.1) is 0 Å². The van der Waals surface area contributed by atoms with E-state index < -0.39 is 8.80 Å². The lowest BCUT2D eigenvalue weighted by atomic mass is 11.3. The third kappa shape index (κ3) is 5.83. The highest BCUT2D eigenvalue weighted by Gasteiger charge is 2.33. The zero-order valence-electron chi connectivity index (χ0n) is 8.42. The van der Waals surface area contributed by atoms with Crippen molar-refractivity contribution >= 4 is 29.8 Å². The van der Waals surface area contributed by atoms with E-state index in [1.54, 1.807) is 27.0 Å². The van der Waals surface area contributed by atoms with Crippen LogP contribution in [0.5, 0.6) is 0 Å². The minimum absolute atomic E-state index is 0.931. The Bertz CT molecular complexity index is 98.6. The SMILES string of the molecule is C=C[Si](OC)(OC)OC.[SiH3]O[SiH3]. The predicted molar refractivity (Wildman–Crippen MR) is 57.9 cm³/mol. The molecule has 0 heterocycles. The molecule has 0 unspecified atom stereocenters. The quantitative estimate of drug-likeness (QED) is 0.528. The van der Waals surface area contributed by atoms with Crippen LogP contribution in [0, 0.1) is 0 Å². The fourth-order valence-electron chi connectivity index (χ4n) is 0.500. The van der Waals surface area contributed by atoms with E-state index in [2.05, 4.69) is 10.7 Å². The second-order valence-corrected chi connectivity index (χ2v) is 7.93. The van der Waals surface area contributed by atoms with Crippen molar-refractivity contribution in [3.05, 3.63) is 12.3 Å². The van der Waals surface area contributed by atoms with Crippen LogP contribution < -0.4 is 0 Å². The van der Waals surface area contributed by atoms with Gasteiger partial charge in [0.15, 0.2) is 0 Å². The van der Waals surface area contributed by atoms with E-state index in [0.29, 0.717) is 0 Å². The van der Waals surface area contributed by atoms with Crippen LogP contribution in [0.3, 0.4) is 0 Å². The average Bonchev–Trinajstić information content (AvgIpc) is 2.11. The van der Waals surface area contributed by atoms with Gasteiger partial charge in [0, 0.05) is 21.3 Å². The Morgan fingerprint density at radius 3 is 1.33 bits per heavy atom. The van der Waals surface area contributed by atoms with E-state index in [9.17, 15) is 0 Å². The van der Waals surface area contributed by atoms with Gasteiger partial charge in [0.25, 0.3) is 0 Å². The van der Waals surface area contributed by atoms with Crippen molar-refractivity contribution in [2.75, 3.05) is 21.3 Å². The fourth-order valence-corrected chi connectivity index (χ4v) is 1.50. The normalized spacial score (nSPS) is 10.6. The molecule has 0 spiro atoms.